The Morgan fingerprint density at radius 2 is 1.79 bits per heavy atom. The van der Waals surface area contributed by atoms with E-state index in [0.717, 1.165) is 11.1 Å². The minimum absolute atomic E-state index is 0.0461. The number of rotatable bonds is 6. The van der Waals surface area contributed by atoms with Crippen LogP contribution in [0.3, 0.4) is 0 Å². The molecule has 0 unspecified atom stereocenters. The van der Waals surface area contributed by atoms with Crippen LogP contribution in [0.1, 0.15) is 12.0 Å². The first-order valence-corrected chi connectivity index (χ1v) is 8.01. The standard InChI is InChI=1S/C19H19BNO3/c1-24-18-12-17(21(19(18)23)20-13-22)11-14-7-9-16(10-8-14)15-5-3-2-4-6-15/h2-10,13,17-18H,11-12H2,1H3/t17-,18-/m1/s1. The van der Waals surface area contributed by atoms with E-state index in [9.17, 15) is 9.59 Å². The topological polar surface area (TPSA) is 46.6 Å². The Labute approximate surface area is 142 Å². The van der Waals surface area contributed by atoms with Crippen molar-refractivity contribution in [1.82, 2.24) is 4.81 Å². The molecule has 1 aliphatic rings. The quantitative estimate of drug-likeness (QED) is 0.606. The second kappa shape index (κ2) is 7.45. The number of ether oxygens (including phenoxy) is 1. The van der Waals surface area contributed by atoms with E-state index in [-0.39, 0.29) is 11.9 Å². The number of carbonyl (C=O) groups is 2. The lowest BCUT2D eigenvalue weighted by Crippen LogP contribution is -2.39. The average molecular weight is 320 g/mol. The molecule has 121 valence electrons. The van der Waals surface area contributed by atoms with Gasteiger partial charge in [0.25, 0.3) is 0 Å². The fraction of sp³-hybridized carbons (Fsp3) is 0.263. The number of nitrogens with zero attached hydrogens (tertiary/aromatic N) is 1. The summed E-state index contributed by atoms with van der Waals surface area (Å²) >= 11 is 0. The highest BCUT2D eigenvalue weighted by atomic mass is 16.5. The third kappa shape index (κ3) is 3.41. The lowest BCUT2D eigenvalue weighted by molar-refractivity contribution is -0.132. The number of benzene rings is 2. The van der Waals surface area contributed by atoms with E-state index in [0.29, 0.717) is 19.0 Å². The summed E-state index contributed by atoms with van der Waals surface area (Å²) in [5.41, 5.74) is 3.47. The first-order valence-electron chi connectivity index (χ1n) is 8.01. The van der Waals surface area contributed by atoms with Crippen LogP contribution in [-0.2, 0) is 20.7 Å². The fourth-order valence-corrected chi connectivity index (χ4v) is 3.18. The molecule has 1 saturated heterocycles. The second-order valence-electron chi connectivity index (χ2n) is 5.91. The molecule has 3 rings (SSSR count). The average Bonchev–Trinajstić information content (AvgIpc) is 2.92. The van der Waals surface area contributed by atoms with Gasteiger partial charge in [-0.15, -0.1) is 0 Å². The molecule has 0 bridgehead atoms. The highest BCUT2D eigenvalue weighted by Crippen LogP contribution is 2.25. The highest BCUT2D eigenvalue weighted by molar-refractivity contribution is 6.66. The zero-order chi connectivity index (χ0) is 16.9. The van der Waals surface area contributed by atoms with E-state index in [1.807, 2.05) is 18.2 Å². The van der Waals surface area contributed by atoms with E-state index in [4.69, 9.17) is 4.74 Å². The van der Waals surface area contributed by atoms with Crippen molar-refractivity contribution in [2.75, 3.05) is 7.11 Å². The third-order valence-electron chi connectivity index (χ3n) is 4.45. The number of methoxy groups -OCH3 is 1. The Morgan fingerprint density at radius 3 is 2.42 bits per heavy atom. The molecular weight excluding hydrogens is 301 g/mol. The molecule has 1 radical (unpaired) electrons. The van der Waals surface area contributed by atoms with Gasteiger partial charge in [0.2, 0.25) is 5.91 Å². The summed E-state index contributed by atoms with van der Waals surface area (Å²) in [7, 11) is 2.84. The second-order valence-corrected chi connectivity index (χ2v) is 5.91. The normalized spacial score (nSPS) is 20.2. The summed E-state index contributed by atoms with van der Waals surface area (Å²) in [5.74, 6) is -0.143. The summed E-state index contributed by atoms with van der Waals surface area (Å²) in [6, 6.07) is 18.5. The molecule has 4 nitrogen and oxygen atoms in total. The van der Waals surface area contributed by atoms with Crippen molar-refractivity contribution >= 4 is 19.5 Å². The molecule has 1 heterocycles. The van der Waals surface area contributed by atoms with Gasteiger partial charge in [0.15, 0.2) is 0 Å². The van der Waals surface area contributed by atoms with Gasteiger partial charge in [-0.1, -0.05) is 54.6 Å². The van der Waals surface area contributed by atoms with Gasteiger partial charge in [0.1, 0.15) is 12.3 Å². The lowest BCUT2D eigenvalue weighted by atomic mass is 9.91. The van der Waals surface area contributed by atoms with Crippen LogP contribution < -0.4 is 0 Å². The van der Waals surface area contributed by atoms with Crippen molar-refractivity contribution in [3.8, 4) is 11.1 Å². The van der Waals surface area contributed by atoms with Crippen LogP contribution in [-0.4, -0.2) is 43.6 Å². The molecule has 2 aromatic rings. The number of hydrogen-bond acceptors (Lipinski definition) is 3. The van der Waals surface area contributed by atoms with E-state index >= 15 is 0 Å². The molecule has 1 fully saturated rings. The first kappa shape index (κ1) is 16.5. The summed E-state index contributed by atoms with van der Waals surface area (Å²) in [6.45, 7) is 0. The van der Waals surface area contributed by atoms with Crippen LogP contribution >= 0.6 is 0 Å². The molecule has 0 N–H and O–H groups in total. The summed E-state index contributed by atoms with van der Waals surface area (Å²) in [5, 5.41) is 0. The van der Waals surface area contributed by atoms with Crippen molar-refractivity contribution < 1.29 is 14.3 Å². The maximum Gasteiger partial charge on any atom is 0.331 e. The minimum Gasteiger partial charge on any atom is -0.377 e. The molecule has 0 spiro atoms. The molecule has 2 atom stereocenters. The maximum atomic E-state index is 12.2. The SMILES string of the molecule is CO[C@@H]1C[C@@H](Cc2ccc(-c3ccccc3)cc2)N([B]C=O)C1=O. The molecule has 1 amide bonds. The maximum absolute atomic E-state index is 12.2. The van der Waals surface area contributed by atoms with Crippen LogP contribution in [0.2, 0.25) is 0 Å². The summed E-state index contributed by atoms with van der Waals surface area (Å²) < 4.78 is 5.22. The van der Waals surface area contributed by atoms with Gasteiger partial charge in [0.05, 0.1) is 0 Å². The van der Waals surface area contributed by atoms with Crippen molar-refractivity contribution in [3.63, 3.8) is 0 Å². The van der Waals surface area contributed by atoms with Crippen molar-refractivity contribution in [2.24, 2.45) is 0 Å². The van der Waals surface area contributed by atoms with Crippen molar-refractivity contribution in [1.29, 1.82) is 0 Å². The van der Waals surface area contributed by atoms with Crippen molar-refractivity contribution in [3.05, 3.63) is 60.2 Å². The van der Waals surface area contributed by atoms with E-state index < -0.39 is 6.10 Å². The fourth-order valence-electron chi connectivity index (χ4n) is 3.18. The number of hydrogen-bond donors (Lipinski definition) is 0. The largest absolute Gasteiger partial charge is 0.377 e. The summed E-state index contributed by atoms with van der Waals surface area (Å²) in [4.78, 5) is 24.5. The van der Waals surface area contributed by atoms with Crippen LogP contribution in [0.25, 0.3) is 11.1 Å². The van der Waals surface area contributed by atoms with Crippen LogP contribution in [0, 0.1) is 0 Å². The Morgan fingerprint density at radius 1 is 1.12 bits per heavy atom. The van der Waals surface area contributed by atoms with Gasteiger partial charge >= 0.3 is 7.41 Å². The van der Waals surface area contributed by atoms with Gasteiger partial charge in [-0.2, -0.15) is 0 Å². The monoisotopic (exact) mass is 320 g/mol. The van der Waals surface area contributed by atoms with Crippen LogP contribution in [0.15, 0.2) is 54.6 Å². The van der Waals surface area contributed by atoms with Crippen LogP contribution in [0.4, 0.5) is 0 Å². The molecule has 0 saturated carbocycles. The predicted octanol–water partition coefficient (Wildman–Crippen LogP) is 2.32. The van der Waals surface area contributed by atoms with Crippen LogP contribution in [0.5, 0.6) is 0 Å². The first-order chi connectivity index (χ1) is 11.7. The predicted molar refractivity (Wildman–Crippen MR) is 94.1 cm³/mol. The Balaban J connectivity index is 1.73. The zero-order valence-corrected chi connectivity index (χ0v) is 13.6. The summed E-state index contributed by atoms with van der Waals surface area (Å²) in [6.07, 6.45) is 1.49. The van der Waals surface area contributed by atoms with Gasteiger partial charge in [-0.05, 0) is 23.1 Å². The Bertz CT molecular complexity index is 702. The molecule has 24 heavy (non-hydrogen) atoms. The molecule has 2 aromatic carbocycles. The smallest absolute Gasteiger partial charge is 0.331 e. The van der Waals surface area contributed by atoms with E-state index in [1.165, 1.54) is 24.9 Å². The third-order valence-corrected chi connectivity index (χ3v) is 4.45. The Kier molecular flexibility index (Phi) is 5.11. The minimum atomic E-state index is -0.463. The van der Waals surface area contributed by atoms with E-state index in [1.54, 1.807) is 0 Å². The molecule has 5 heteroatoms. The lowest BCUT2D eigenvalue weighted by Gasteiger charge is -2.22. The van der Waals surface area contributed by atoms with Gasteiger partial charge in [-0.3, -0.25) is 4.79 Å². The van der Waals surface area contributed by atoms with Gasteiger partial charge < -0.3 is 14.3 Å². The number of amides is 1. The number of carbonyl (C=O) groups excluding carboxylic acids is 2. The highest BCUT2D eigenvalue weighted by Gasteiger charge is 2.39. The van der Waals surface area contributed by atoms with Gasteiger partial charge in [-0.25, -0.2) is 0 Å². The molecular formula is C19H19BNO3. The zero-order valence-electron chi connectivity index (χ0n) is 13.6. The van der Waals surface area contributed by atoms with E-state index in [2.05, 4.69) is 36.4 Å². The molecule has 0 aromatic heterocycles. The van der Waals surface area contributed by atoms with Crippen molar-refractivity contribution in [2.45, 2.75) is 25.0 Å². The van der Waals surface area contributed by atoms with Gasteiger partial charge in [0, 0.05) is 19.6 Å². The molecule has 0 aliphatic carbocycles. The Hall–Kier alpha value is -2.40. The molecule has 1 aliphatic heterocycles.